The number of carbonyl (C=O) groups is 1. The van der Waals surface area contributed by atoms with E-state index in [9.17, 15) is 4.79 Å². The minimum atomic E-state index is -0.000908. The fourth-order valence-electron chi connectivity index (χ4n) is 6.00. The highest BCUT2D eigenvalue weighted by Gasteiger charge is 2.47. The van der Waals surface area contributed by atoms with Crippen molar-refractivity contribution < 1.29 is 14.3 Å². The lowest BCUT2D eigenvalue weighted by atomic mass is 10.1. The number of hydrogen-bond donors (Lipinski definition) is 1. The first kappa shape index (κ1) is 21.9. The molecule has 2 N–H and O–H groups in total. The minimum absolute atomic E-state index is 0.000908. The molecular weight excluding hydrogens is 444 g/mol. The van der Waals surface area contributed by atoms with Crippen LogP contribution in [0.2, 0.25) is 0 Å². The molecule has 35 heavy (non-hydrogen) atoms. The van der Waals surface area contributed by atoms with Crippen molar-refractivity contribution in [3.05, 3.63) is 35.9 Å². The molecule has 182 valence electrons. The van der Waals surface area contributed by atoms with Crippen LogP contribution in [0.3, 0.4) is 0 Å². The molecule has 3 atom stereocenters. The third-order valence-electron chi connectivity index (χ3n) is 7.79. The summed E-state index contributed by atoms with van der Waals surface area (Å²) >= 11 is 0. The van der Waals surface area contributed by atoms with Crippen LogP contribution in [0.5, 0.6) is 11.6 Å². The summed E-state index contributed by atoms with van der Waals surface area (Å²) in [6.07, 6.45) is 2.08. The van der Waals surface area contributed by atoms with Gasteiger partial charge in [-0.15, -0.1) is 0 Å². The standard InChI is InChI=1S/C26H30N6O3/c1-5-31-19(11-14-7-9-21(35-4)29-24(14)31)25-28-17-10-16(12-20(34-3)23(17)30(25)2)26(33)32-13-15-6-8-18(32)22(15)27/h7,9-12,15,18,22H,5-6,8,13,27H2,1-4H3/t15-,18?,22?/m1/s1. The molecule has 1 amide bonds. The van der Waals surface area contributed by atoms with Crippen molar-refractivity contribution in [2.24, 2.45) is 18.7 Å². The van der Waals surface area contributed by atoms with Gasteiger partial charge in [0.15, 0.2) is 5.82 Å². The highest BCUT2D eigenvalue weighted by molar-refractivity contribution is 6.00. The Hall–Kier alpha value is -3.59. The first-order valence-electron chi connectivity index (χ1n) is 12.1. The van der Waals surface area contributed by atoms with Crippen LogP contribution >= 0.6 is 0 Å². The highest BCUT2D eigenvalue weighted by atomic mass is 16.5. The summed E-state index contributed by atoms with van der Waals surface area (Å²) in [4.78, 5) is 25.1. The Balaban J connectivity index is 1.47. The van der Waals surface area contributed by atoms with Crippen molar-refractivity contribution in [3.8, 4) is 23.1 Å². The van der Waals surface area contributed by atoms with E-state index in [0.717, 1.165) is 59.5 Å². The molecule has 9 nitrogen and oxygen atoms in total. The second-order valence-corrected chi connectivity index (χ2v) is 9.52. The molecule has 1 aromatic carbocycles. The van der Waals surface area contributed by atoms with Crippen molar-refractivity contribution in [2.45, 2.75) is 38.4 Å². The Labute approximate surface area is 203 Å². The Kier molecular flexibility index (Phi) is 5.00. The summed E-state index contributed by atoms with van der Waals surface area (Å²) in [5, 5.41) is 1.01. The maximum absolute atomic E-state index is 13.5. The molecule has 0 radical (unpaired) electrons. The number of pyridine rings is 1. The molecule has 1 aliphatic heterocycles. The zero-order valence-corrected chi connectivity index (χ0v) is 20.5. The van der Waals surface area contributed by atoms with Crippen LogP contribution < -0.4 is 15.2 Å². The second kappa shape index (κ2) is 7.98. The van der Waals surface area contributed by atoms with E-state index < -0.39 is 0 Å². The number of hydrogen-bond acceptors (Lipinski definition) is 6. The normalized spacial score (nSPS) is 21.4. The molecule has 4 aromatic rings. The molecule has 6 rings (SSSR count). The number of carbonyl (C=O) groups excluding carboxylic acids is 1. The van der Waals surface area contributed by atoms with Gasteiger partial charge in [-0.2, -0.15) is 4.98 Å². The number of aryl methyl sites for hydroxylation is 2. The number of likely N-dealkylation sites (tertiary alicyclic amines) is 1. The fraction of sp³-hybridized carbons (Fsp3) is 0.423. The number of aromatic nitrogens is 4. The summed E-state index contributed by atoms with van der Waals surface area (Å²) < 4.78 is 15.2. The van der Waals surface area contributed by atoms with Crippen LogP contribution in [0.25, 0.3) is 33.6 Å². The van der Waals surface area contributed by atoms with Gasteiger partial charge in [0, 0.05) is 49.2 Å². The van der Waals surface area contributed by atoms with Crippen LogP contribution in [0, 0.1) is 5.92 Å². The molecule has 2 aliphatic rings. The zero-order valence-electron chi connectivity index (χ0n) is 20.5. The third kappa shape index (κ3) is 3.14. The Bertz CT molecular complexity index is 1470. The number of rotatable bonds is 5. The molecule has 9 heteroatoms. The summed E-state index contributed by atoms with van der Waals surface area (Å²) in [5.74, 6) is 2.38. The molecule has 2 unspecified atom stereocenters. The number of amides is 1. The van der Waals surface area contributed by atoms with Gasteiger partial charge in [0.2, 0.25) is 5.88 Å². The minimum Gasteiger partial charge on any atom is -0.494 e. The lowest BCUT2D eigenvalue weighted by Gasteiger charge is -2.27. The van der Waals surface area contributed by atoms with Crippen LogP contribution in [0.1, 0.15) is 30.1 Å². The Morgan fingerprint density at radius 1 is 1.14 bits per heavy atom. The number of fused-ring (bicyclic) bond motifs is 4. The quantitative estimate of drug-likeness (QED) is 0.477. The lowest BCUT2D eigenvalue weighted by Crippen LogP contribution is -2.41. The average Bonchev–Trinajstić information content (AvgIpc) is 3.61. The summed E-state index contributed by atoms with van der Waals surface area (Å²) in [6, 6.07) is 9.86. The number of benzene rings is 1. The third-order valence-corrected chi connectivity index (χ3v) is 7.79. The van der Waals surface area contributed by atoms with E-state index in [1.54, 1.807) is 14.2 Å². The number of ether oxygens (including phenoxy) is 2. The van der Waals surface area contributed by atoms with Crippen LogP contribution in [0.15, 0.2) is 30.3 Å². The van der Waals surface area contributed by atoms with Crippen molar-refractivity contribution in [1.29, 1.82) is 0 Å². The molecule has 4 heterocycles. The summed E-state index contributed by atoms with van der Waals surface area (Å²) in [7, 11) is 5.22. The van der Waals surface area contributed by atoms with E-state index in [1.165, 1.54) is 0 Å². The first-order chi connectivity index (χ1) is 16.9. The maximum Gasteiger partial charge on any atom is 0.254 e. The second-order valence-electron chi connectivity index (χ2n) is 9.52. The van der Waals surface area contributed by atoms with Gasteiger partial charge < -0.3 is 29.2 Å². The molecule has 2 fully saturated rings. The summed E-state index contributed by atoms with van der Waals surface area (Å²) in [5.41, 5.74) is 10.3. The topological polar surface area (TPSA) is 100 Å². The lowest BCUT2D eigenvalue weighted by molar-refractivity contribution is 0.0700. The first-order valence-corrected chi connectivity index (χ1v) is 12.1. The fourth-order valence-corrected chi connectivity index (χ4v) is 6.00. The largest absolute Gasteiger partial charge is 0.494 e. The molecule has 1 saturated carbocycles. The van der Waals surface area contributed by atoms with Crippen LogP contribution in [0.4, 0.5) is 0 Å². The van der Waals surface area contributed by atoms with E-state index in [-0.39, 0.29) is 18.0 Å². The smallest absolute Gasteiger partial charge is 0.254 e. The van der Waals surface area contributed by atoms with E-state index in [4.69, 9.17) is 20.2 Å². The summed E-state index contributed by atoms with van der Waals surface area (Å²) in [6.45, 7) is 3.53. The van der Waals surface area contributed by atoms with Gasteiger partial charge in [-0.05, 0) is 49.9 Å². The van der Waals surface area contributed by atoms with E-state index in [2.05, 4.69) is 22.5 Å². The van der Waals surface area contributed by atoms with Crippen molar-refractivity contribution in [1.82, 2.24) is 24.0 Å². The van der Waals surface area contributed by atoms with Gasteiger partial charge in [-0.25, -0.2) is 4.98 Å². The number of nitrogens with two attached hydrogens (primary N) is 1. The molecule has 1 saturated heterocycles. The van der Waals surface area contributed by atoms with Gasteiger partial charge in [-0.3, -0.25) is 4.79 Å². The van der Waals surface area contributed by atoms with Gasteiger partial charge in [0.05, 0.1) is 25.4 Å². The maximum atomic E-state index is 13.5. The predicted octanol–water partition coefficient (Wildman–Crippen LogP) is 3.19. The molecule has 3 aromatic heterocycles. The Morgan fingerprint density at radius 2 is 1.97 bits per heavy atom. The van der Waals surface area contributed by atoms with Crippen molar-refractivity contribution in [2.75, 3.05) is 20.8 Å². The highest BCUT2D eigenvalue weighted by Crippen LogP contribution is 2.39. The predicted molar refractivity (Wildman–Crippen MR) is 134 cm³/mol. The number of imidazole rings is 1. The average molecular weight is 475 g/mol. The van der Waals surface area contributed by atoms with E-state index >= 15 is 0 Å². The van der Waals surface area contributed by atoms with Crippen LogP contribution in [-0.4, -0.2) is 62.8 Å². The molecular formula is C26H30N6O3. The van der Waals surface area contributed by atoms with Crippen molar-refractivity contribution >= 4 is 28.0 Å². The number of nitrogens with zero attached hydrogens (tertiary/aromatic N) is 5. The van der Waals surface area contributed by atoms with Gasteiger partial charge in [0.1, 0.15) is 16.9 Å². The van der Waals surface area contributed by atoms with Gasteiger partial charge >= 0.3 is 0 Å². The van der Waals surface area contributed by atoms with E-state index in [0.29, 0.717) is 23.1 Å². The molecule has 2 bridgehead atoms. The molecule has 0 spiro atoms. The zero-order chi connectivity index (χ0) is 24.4. The van der Waals surface area contributed by atoms with E-state index in [1.807, 2.05) is 40.8 Å². The Morgan fingerprint density at radius 3 is 2.63 bits per heavy atom. The monoisotopic (exact) mass is 474 g/mol. The van der Waals surface area contributed by atoms with Gasteiger partial charge in [-0.1, -0.05) is 0 Å². The number of methoxy groups -OCH3 is 2. The van der Waals surface area contributed by atoms with Crippen LogP contribution in [-0.2, 0) is 13.6 Å². The SMILES string of the molecule is CCn1c(-c2nc3cc(C(=O)N4C[C@H]5CCC4C5N)cc(OC)c3n2C)cc2ccc(OC)nc21. The van der Waals surface area contributed by atoms with Crippen molar-refractivity contribution in [3.63, 3.8) is 0 Å². The number of piperidine rings is 1. The molecule has 1 aliphatic carbocycles. The van der Waals surface area contributed by atoms with Gasteiger partial charge in [0.25, 0.3) is 5.91 Å².